The summed E-state index contributed by atoms with van der Waals surface area (Å²) in [5.41, 5.74) is 5.75. The van der Waals surface area contributed by atoms with Gasteiger partial charge in [0.25, 0.3) is 0 Å². The monoisotopic (exact) mass is 298 g/mol. The summed E-state index contributed by atoms with van der Waals surface area (Å²) in [5.74, 6) is -1.41. The Morgan fingerprint density at radius 3 is 2.33 bits per heavy atom. The minimum absolute atomic E-state index is 0.213. The molecular weight excluding hydrogens is 276 g/mol. The van der Waals surface area contributed by atoms with E-state index in [0.717, 1.165) is 12.7 Å². The number of aromatic hydroxyl groups is 2. The Morgan fingerprint density at radius 1 is 1.38 bits per heavy atom. The summed E-state index contributed by atoms with van der Waals surface area (Å²) in [6.45, 7) is 1.87. The zero-order valence-corrected chi connectivity index (χ0v) is 12.1. The minimum Gasteiger partial charge on any atom is -0.504 e. The number of carboxylic acid groups (broad SMARTS) is 1. The van der Waals surface area contributed by atoms with Gasteiger partial charge in [-0.2, -0.15) is 0 Å². The average molecular weight is 298 g/mol. The summed E-state index contributed by atoms with van der Waals surface area (Å²) < 4.78 is 0. The van der Waals surface area contributed by atoms with Crippen molar-refractivity contribution in [2.75, 3.05) is 7.05 Å². The van der Waals surface area contributed by atoms with Crippen LogP contribution in [0.5, 0.6) is 11.5 Å². The fraction of sp³-hybridized carbons (Fsp3) is 0.429. The molecule has 7 heteroatoms. The second-order valence-electron chi connectivity index (χ2n) is 4.41. The Bertz CT molecular complexity index is 465. The third kappa shape index (κ3) is 7.28. The number of benzene rings is 1. The van der Waals surface area contributed by atoms with Gasteiger partial charge in [0.2, 0.25) is 0 Å². The standard InChI is InChI=1S/C10H13NO4.C4H9NO/c1-11-7(10(14)15)4-6-2-3-8(12)9(13)5-6;1-2-4(5)3-6/h2-3,5,7,11-13H,4H2,1H3,(H,14,15);3-4H,2,5H2,1H3. The maximum Gasteiger partial charge on any atom is 0.321 e. The molecule has 0 fully saturated rings. The highest BCUT2D eigenvalue weighted by molar-refractivity contribution is 5.73. The molecule has 0 aliphatic rings. The fourth-order valence-corrected chi connectivity index (χ4v) is 1.34. The normalized spacial score (nSPS) is 12.7. The molecule has 6 N–H and O–H groups in total. The van der Waals surface area contributed by atoms with Gasteiger partial charge in [0.15, 0.2) is 11.5 Å². The van der Waals surface area contributed by atoms with Crippen molar-refractivity contribution in [2.24, 2.45) is 5.73 Å². The quantitative estimate of drug-likeness (QED) is 0.375. The summed E-state index contributed by atoms with van der Waals surface area (Å²) in [6.07, 6.45) is 1.74. The van der Waals surface area contributed by atoms with Crippen molar-refractivity contribution in [1.82, 2.24) is 5.32 Å². The number of hydrogen-bond acceptors (Lipinski definition) is 6. The van der Waals surface area contributed by atoms with Crippen molar-refractivity contribution in [3.63, 3.8) is 0 Å². The van der Waals surface area contributed by atoms with Crippen molar-refractivity contribution in [2.45, 2.75) is 31.8 Å². The summed E-state index contributed by atoms with van der Waals surface area (Å²) in [7, 11) is 1.55. The molecule has 2 unspecified atom stereocenters. The Kier molecular flexibility index (Phi) is 8.75. The van der Waals surface area contributed by atoms with Crippen molar-refractivity contribution >= 4 is 12.3 Å². The second kappa shape index (κ2) is 9.73. The molecular formula is C14H22N2O5. The maximum atomic E-state index is 10.7. The van der Waals surface area contributed by atoms with Gasteiger partial charge in [-0.1, -0.05) is 13.0 Å². The largest absolute Gasteiger partial charge is 0.504 e. The lowest BCUT2D eigenvalue weighted by atomic mass is 10.1. The number of carbonyl (C=O) groups excluding carboxylic acids is 1. The van der Waals surface area contributed by atoms with Crippen LogP contribution >= 0.6 is 0 Å². The number of aliphatic carboxylic acids is 1. The number of phenolic OH excluding ortho intramolecular Hbond substituents is 2. The van der Waals surface area contributed by atoms with Crippen LogP contribution in [0.4, 0.5) is 0 Å². The van der Waals surface area contributed by atoms with Gasteiger partial charge in [0, 0.05) is 0 Å². The Morgan fingerprint density at radius 2 is 2.00 bits per heavy atom. The van der Waals surface area contributed by atoms with E-state index < -0.39 is 12.0 Å². The van der Waals surface area contributed by atoms with Gasteiger partial charge in [-0.25, -0.2) is 0 Å². The van der Waals surface area contributed by atoms with Crippen LogP contribution in [0.3, 0.4) is 0 Å². The van der Waals surface area contributed by atoms with E-state index >= 15 is 0 Å². The molecule has 0 heterocycles. The number of phenols is 2. The van der Waals surface area contributed by atoms with Crippen LogP contribution in [0.15, 0.2) is 18.2 Å². The molecule has 1 aromatic rings. The van der Waals surface area contributed by atoms with Crippen LogP contribution in [0.25, 0.3) is 0 Å². The van der Waals surface area contributed by atoms with Gasteiger partial charge in [-0.15, -0.1) is 0 Å². The first-order chi connectivity index (χ1) is 9.85. The molecule has 1 aromatic carbocycles. The maximum absolute atomic E-state index is 10.7. The lowest BCUT2D eigenvalue weighted by molar-refractivity contribution is -0.139. The van der Waals surface area contributed by atoms with Gasteiger partial charge in [-0.05, 0) is 37.6 Å². The van der Waals surface area contributed by atoms with E-state index in [1.807, 2.05) is 6.92 Å². The van der Waals surface area contributed by atoms with Crippen molar-refractivity contribution in [1.29, 1.82) is 0 Å². The first-order valence-electron chi connectivity index (χ1n) is 6.47. The zero-order chi connectivity index (χ0) is 16.4. The number of nitrogens with one attached hydrogen (secondary N) is 1. The van der Waals surface area contributed by atoms with Crippen LogP contribution in [-0.2, 0) is 16.0 Å². The predicted octanol–water partition coefficient (Wildman–Crippen LogP) is 0.236. The number of carbonyl (C=O) groups is 2. The topological polar surface area (TPSA) is 133 Å². The summed E-state index contributed by atoms with van der Waals surface area (Å²) in [6, 6.07) is 3.31. The molecule has 0 saturated carbocycles. The lowest BCUT2D eigenvalue weighted by Gasteiger charge is -2.11. The molecule has 2 atom stereocenters. The first kappa shape index (κ1) is 18.9. The van der Waals surface area contributed by atoms with E-state index in [9.17, 15) is 14.7 Å². The van der Waals surface area contributed by atoms with Gasteiger partial charge in [0.05, 0.1) is 6.04 Å². The molecule has 0 aromatic heterocycles. The van der Waals surface area contributed by atoms with E-state index in [1.54, 1.807) is 13.1 Å². The molecule has 0 spiro atoms. The summed E-state index contributed by atoms with van der Waals surface area (Å²) in [5, 5.41) is 29.7. The van der Waals surface area contributed by atoms with E-state index in [2.05, 4.69) is 5.32 Å². The van der Waals surface area contributed by atoms with Crippen molar-refractivity contribution < 1.29 is 24.9 Å². The highest BCUT2D eigenvalue weighted by Crippen LogP contribution is 2.25. The number of likely N-dealkylation sites (N-methyl/N-ethyl adjacent to an activating group) is 1. The number of aldehydes is 1. The van der Waals surface area contributed by atoms with Crippen LogP contribution in [0, 0.1) is 0 Å². The fourth-order valence-electron chi connectivity index (χ4n) is 1.34. The second-order valence-corrected chi connectivity index (χ2v) is 4.41. The molecule has 0 bridgehead atoms. The third-order valence-electron chi connectivity index (χ3n) is 2.77. The number of hydrogen-bond donors (Lipinski definition) is 5. The number of nitrogens with two attached hydrogens (primary N) is 1. The van der Waals surface area contributed by atoms with Crippen molar-refractivity contribution in [3.05, 3.63) is 23.8 Å². The molecule has 7 nitrogen and oxygen atoms in total. The van der Waals surface area contributed by atoms with Gasteiger partial charge in [0.1, 0.15) is 12.3 Å². The van der Waals surface area contributed by atoms with Crippen LogP contribution < -0.4 is 11.1 Å². The van der Waals surface area contributed by atoms with E-state index in [4.69, 9.17) is 15.9 Å². The van der Waals surface area contributed by atoms with Crippen molar-refractivity contribution in [3.8, 4) is 11.5 Å². The first-order valence-corrected chi connectivity index (χ1v) is 6.47. The molecule has 0 radical (unpaired) electrons. The highest BCUT2D eigenvalue weighted by Gasteiger charge is 2.15. The van der Waals surface area contributed by atoms with Crippen LogP contribution in [0.1, 0.15) is 18.9 Å². The lowest BCUT2D eigenvalue weighted by Crippen LogP contribution is -2.35. The van der Waals surface area contributed by atoms with Crippen LogP contribution in [-0.4, -0.2) is 46.7 Å². The number of carboxylic acids is 1. The Labute approximate surface area is 123 Å². The van der Waals surface area contributed by atoms with Gasteiger partial charge < -0.3 is 31.2 Å². The van der Waals surface area contributed by atoms with E-state index in [0.29, 0.717) is 5.56 Å². The SMILES string of the molecule is CCC(N)C=O.CNC(Cc1ccc(O)c(O)c1)C(=O)O. The number of rotatable bonds is 6. The van der Waals surface area contributed by atoms with E-state index in [1.165, 1.54) is 12.1 Å². The average Bonchev–Trinajstić information content (AvgIpc) is 2.47. The smallest absolute Gasteiger partial charge is 0.321 e. The van der Waals surface area contributed by atoms with E-state index in [-0.39, 0.29) is 24.0 Å². The molecule has 1 rings (SSSR count). The third-order valence-corrected chi connectivity index (χ3v) is 2.77. The molecule has 21 heavy (non-hydrogen) atoms. The zero-order valence-electron chi connectivity index (χ0n) is 12.1. The Balaban J connectivity index is 0.000000567. The van der Waals surface area contributed by atoms with Crippen LogP contribution in [0.2, 0.25) is 0 Å². The molecule has 0 amide bonds. The summed E-state index contributed by atoms with van der Waals surface area (Å²) in [4.78, 5) is 20.3. The molecule has 0 saturated heterocycles. The molecule has 0 aliphatic carbocycles. The van der Waals surface area contributed by atoms with Gasteiger partial charge >= 0.3 is 5.97 Å². The minimum atomic E-state index is -0.954. The molecule has 0 aliphatic heterocycles. The summed E-state index contributed by atoms with van der Waals surface area (Å²) >= 11 is 0. The Hall–Kier alpha value is -2.12. The van der Waals surface area contributed by atoms with Gasteiger partial charge in [-0.3, -0.25) is 4.79 Å². The predicted molar refractivity (Wildman–Crippen MR) is 78.3 cm³/mol. The highest BCUT2D eigenvalue weighted by atomic mass is 16.4. The molecule has 118 valence electrons.